The zero-order valence-electron chi connectivity index (χ0n) is 12.4. The van der Waals surface area contributed by atoms with Crippen LogP contribution in [0.1, 0.15) is 31.3 Å². The molecule has 20 heavy (non-hydrogen) atoms. The molecule has 0 saturated carbocycles. The lowest BCUT2D eigenvalue weighted by Crippen LogP contribution is -2.39. The SMILES string of the molecule is CCOC(=O)CN(CC(C)C)C(=O)c1nn(C)cc1N. The molecule has 1 aromatic rings. The van der Waals surface area contributed by atoms with Crippen LogP contribution in [0.25, 0.3) is 0 Å². The van der Waals surface area contributed by atoms with E-state index in [9.17, 15) is 9.59 Å². The third kappa shape index (κ3) is 4.25. The molecule has 0 bridgehead atoms. The van der Waals surface area contributed by atoms with Gasteiger partial charge in [0.25, 0.3) is 5.91 Å². The molecule has 0 saturated heterocycles. The summed E-state index contributed by atoms with van der Waals surface area (Å²) in [6.07, 6.45) is 1.56. The zero-order chi connectivity index (χ0) is 15.3. The van der Waals surface area contributed by atoms with Crippen molar-refractivity contribution in [3.63, 3.8) is 0 Å². The second-order valence-electron chi connectivity index (χ2n) is 4.99. The first-order valence-electron chi connectivity index (χ1n) is 6.59. The largest absolute Gasteiger partial charge is 0.465 e. The summed E-state index contributed by atoms with van der Waals surface area (Å²) in [4.78, 5) is 25.4. The number of hydrogen-bond donors (Lipinski definition) is 1. The first-order valence-corrected chi connectivity index (χ1v) is 6.59. The molecule has 2 N–H and O–H groups in total. The van der Waals surface area contributed by atoms with Crippen molar-refractivity contribution in [2.24, 2.45) is 13.0 Å². The zero-order valence-corrected chi connectivity index (χ0v) is 12.4. The van der Waals surface area contributed by atoms with Crippen LogP contribution in [-0.2, 0) is 16.6 Å². The molecule has 0 aromatic carbocycles. The van der Waals surface area contributed by atoms with Crippen molar-refractivity contribution in [1.29, 1.82) is 0 Å². The molecule has 1 rings (SSSR count). The van der Waals surface area contributed by atoms with Gasteiger partial charge in [-0.15, -0.1) is 0 Å². The van der Waals surface area contributed by atoms with Gasteiger partial charge in [-0.2, -0.15) is 5.10 Å². The van der Waals surface area contributed by atoms with Crippen molar-refractivity contribution in [1.82, 2.24) is 14.7 Å². The summed E-state index contributed by atoms with van der Waals surface area (Å²) < 4.78 is 6.36. The number of aromatic nitrogens is 2. The summed E-state index contributed by atoms with van der Waals surface area (Å²) in [6, 6.07) is 0. The Balaban J connectivity index is 2.89. The lowest BCUT2D eigenvalue weighted by molar-refractivity contribution is -0.143. The number of carbonyl (C=O) groups excluding carboxylic acids is 2. The minimum absolute atomic E-state index is 0.0964. The van der Waals surface area contributed by atoms with Gasteiger partial charge in [0.1, 0.15) is 6.54 Å². The smallest absolute Gasteiger partial charge is 0.325 e. The van der Waals surface area contributed by atoms with Gasteiger partial charge < -0.3 is 15.4 Å². The van der Waals surface area contributed by atoms with Crippen LogP contribution in [0.15, 0.2) is 6.20 Å². The number of carbonyl (C=O) groups is 2. The molecular weight excluding hydrogens is 260 g/mol. The van der Waals surface area contributed by atoms with Crippen molar-refractivity contribution < 1.29 is 14.3 Å². The van der Waals surface area contributed by atoms with Gasteiger partial charge in [0.2, 0.25) is 0 Å². The van der Waals surface area contributed by atoms with E-state index >= 15 is 0 Å². The number of anilines is 1. The first kappa shape index (κ1) is 16.0. The van der Waals surface area contributed by atoms with Crippen LogP contribution in [0.5, 0.6) is 0 Å². The Morgan fingerprint density at radius 2 is 2.15 bits per heavy atom. The van der Waals surface area contributed by atoms with Gasteiger partial charge in [-0.25, -0.2) is 0 Å². The van der Waals surface area contributed by atoms with E-state index in [0.717, 1.165) is 0 Å². The Labute approximate surface area is 118 Å². The van der Waals surface area contributed by atoms with Gasteiger partial charge in [0.15, 0.2) is 5.69 Å². The summed E-state index contributed by atoms with van der Waals surface area (Å²) in [5, 5.41) is 4.04. The minimum Gasteiger partial charge on any atom is -0.465 e. The van der Waals surface area contributed by atoms with E-state index in [1.807, 2.05) is 13.8 Å². The van der Waals surface area contributed by atoms with Crippen molar-refractivity contribution in [3.8, 4) is 0 Å². The van der Waals surface area contributed by atoms with Crippen molar-refractivity contribution in [2.75, 3.05) is 25.4 Å². The maximum Gasteiger partial charge on any atom is 0.325 e. The van der Waals surface area contributed by atoms with Crippen LogP contribution >= 0.6 is 0 Å². The average Bonchev–Trinajstić information content (AvgIpc) is 2.66. The number of nitrogen functional groups attached to an aromatic ring is 1. The number of nitrogens with zero attached hydrogens (tertiary/aromatic N) is 3. The minimum atomic E-state index is -0.434. The van der Waals surface area contributed by atoms with Gasteiger partial charge in [-0.1, -0.05) is 13.8 Å². The number of hydrogen-bond acceptors (Lipinski definition) is 5. The molecular formula is C13H22N4O3. The molecule has 7 heteroatoms. The highest BCUT2D eigenvalue weighted by molar-refractivity contribution is 5.98. The molecule has 0 aliphatic carbocycles. The highest BCUT2D eigenvalue weighted by atomic mass is 16.5. The lowest BCUT2D eigenvalue weighted by Gasteiger charge is -2.22. The third-order valence-electron chi connectivity index (χ3n) is 2.56. The van der Waals surface area contributed by atoms with Gasteiger partial charge in [0, 0.05) is 19.8 Å². The molecule has 1 heterocycles. The molecule has 0 unspecified atom stereocenters. The quantitative estimate of drug-likeness (QED) is 0.774. The van der Waals surface area contributed by atoms with E-state index in [2.05, 4.69) is 5.10 Å². The lowest BCUT2D eigenvalue weighted by atomic mass is 10.2. The van der Waals surface area contributed by atoms with E-state index in [4.69, 9.17) is 10.5 Å². The van der Waals surface area contributed by atoms with Crippen LogP contribution in [0.2, 0.25) is 0 Å². The summed E-state index contributed by atoms with van der Waals surface area (Å²) in [5.41, 5.74) is 6.22. The number of esters is 1. The number of aryl methyl sites for hydroxylation is 1. The van der Waals surface area contributed by atoms with Crippen LogP contribution in [0, 0.1) is 5.92 Å². The first-order chi connectivity index (χ1) is 9.35. The Morgan fingerprint density at radius 1 is 1.50 bits per heavy atom. The highest BCUT2D eigenvalue weighted by Crippen LogP contribution is 2.13. The van der Waals surface area contributed by atoms with E-state index in [1.54, 1.807) is 20.2 Å². The fraction of sp³-hybridized carbons (Fsp3) is 0.615. The summed E-state index contributed by atoms with van der Waals surface area (Å²) in [6.45, 7) is 6.28. The topological polar surface area (TPSA) is 90.5 Å². The Bertz CT molecular complexity index is 482. The molecule has 112 valence electrons. The molecule has 1 aromatic heterocycles. The molecule has 0 radical (unpaired) electrons. The summed E-state index contributed by atoms with van der Waals surface area (Å²) >= 11 is 0. The number of ether oxygens (including phenoxy) is 1. The summed E-state index contributed by atoms with van der Waals surface area (Å²) in [5.74, 6) is -0.570. The van der Waals surface area contributed by atoms with E-state index in [1.165, 1.54) is 9.58 Å². The predicted octanol–water partition coefficient (Wildman–Crippen LogP) is 0.664. The highest BCUT2D eigenvalue weighted by Gasteiger charge is 2.24. The van der Waals surface area contributed by atoms with Crippen molar-refractivity contribution in [2.45, 2.75) is 20.8 Å². The van der Waals surface area contributed by atoms with Crippen LogP contribution in [0.4, 0.5) is 5.69 Å². The predicted molar refractivity (Wildman–Crippen MR) is 75.0 cm³/mol. The van der Waals surface area contributed by atoms with Crippen molar-refractivity contribution in [3.05, 3.63) is 11.9 Å². The molecule has 0 aliphatic heterocycles. The fourth-order valence-electron chi connectivity index (χ4n) is 1.85. The second-order valence-corrected chi connectivity index (χ2v) is 4.99. The monoisotopic (exact) mass is 282 g/mol. The second kappa shape index (κ2) is 6.93. The standard InChI is InChI=1S/C13H22N4O3/c1-5-20-11(18)8-17(6-9(2)3)13(19)12-10(14)7-16(4)15-12/h7,9H,5-6,8,14H2,1-4H3. The fourth-order valence-corrected chi connectivity index (χ4v) is 1.85. The number of nitrogens with two attached hydrogens (primary N) is 1. The molecule has 0 spiro atoms. The maximum absolute atomic E-state index is 12.4. The van der Waals surface area contributed by atoms with Crippen LogP contribution in [0.3, 0.4) is 0 Å². The normalized spacial score (nSPS) is 10.7. The molecule has 7 nitrogen and oxygen atoms in total. The molecule has 0 fully saturated rings. The third-order valence-corrected chi connectivity index (χ3v) is 2.56. The van der Waals surface area contributed by atoms with E-state index in [-0.39, 0.29) is 30.7 Å². The van der Waals surface area contributed by atoms with Gasteiger partial charge >= 0.3 is 5.97 Å². The van der Waals surface area contributed by atoms with E-state index in [0.29, 0.717) is 12.2 Å². The Hall–Kier alpha value is -2.05. The number of rotatable bonds is 6. The molecule has 1 amide bonds. The van der Waals surface area contributed by atoms with Crippen LogP contribution < -0.4 is 5.73 Å². The number of amides is 1. The maximum atomic E-state index is 12.4. The van der Waals surface area contributed by atoms with Crippen LogP contribution in [-0.4, -0.2) is 46.3 Å². The average molecular weight is 282 g/mol. The Kier molecular flexibility index (Phi) is 5.54. The Morgan fingerprint density at radius 3 is 2.60 bits per heavy atom. The van der Waals surface area contributed by atoms with Gasteiger partial charge in [0.05, 0.1) is 12.3 Å². The van der Waals surface area contributed by atoms with E-state index < -0.39 is 5.97 Å². The van der Waals surface area contributed by atoms with Gasteiger partial charge in [-0.3, -0.25) is 14.3 Å². The summed E-state index contributed by atoms with van der Waals surface area (Å²) in [7, 11) is 1.69. The van der Waals surface area contributed by atoms with Gasteiger partial charge in [-0.05, 0) is 12.8 Å². The molecule has 0 atom stereocenters. The van der Waals surface area contributed by atoms with Crippen molar-refractivity contribution >= 4 is 17.6 Å². The molecule has 0 aliphatic rings.